The smallest absolute Gasteiger partial charge is 0.343 e. The number of aldehydes is 1. The van der Waals surface area contributed by atoms with Crippen LogP contribution < -0.4 is 18.9 Å². The first kappa shape index (κ1) is 52.5. The lowest BCUT2D eigenvalue weighted by atomic mass is 10.2. The third-order valence-corrected chi connectivity index (χ3v) is 8.13. The van der Waals surface area contributed by atoms with Gasteiger partial charge in [0, 0.05) is 23.8 Å². The second-order valence-electron chi connectivity index (χ2n) is 13.3. The van der Waals surface area contributed by atoms with E-state index in [0.29, 0.717) is 72.4 Å². The normalized spacial score (nSPS) is 9.67. The quantitative estimate of drug-likeness (QED) is 0.0263. The van der Waals surface area contributed by atoms with Crippen LogP contribution >= 0.6 is 0 Å². The minimum absolute atomic E-state index is 0.309. The molecule has 4 rings (SSSR count). The third kappa shape index (κ3) is 24.2. The van der Waals surface area contributed by atoms with E-state index in [4.69, 9.17) is 28.8 Å². The third-order valence-electron chi connectivity index (χ3n) is 8.13. The average Bonchev–Trinajstić information content (AvgIpc) is 3.28. The maximum atomic E-state index is 12.2. The summed E-state index contributed by atoms with van der Waals surface area (Å²) in [6.07, 6.45) is 6.98. The minimum atomic E-state index is -0.486. The molecule has 0 bridgehead atoms. The Morgan fingerprint density at radius 2 is 1.00 bits per heavy atom. The molecule has 0 aliphatic carbocycles. The highest BCUT2D eigenvalue weighted by molar-refractivity contribution is 5.91. The number of ether oxygens (including phenoxy) is 6. The molecule has 0 aliphatic rings. The number of aliphatic hydroxyl groups excluding tert-OH is 1. The molecule has 12 nitrogen and oxygen atoms in total. The Kier molecular flexibility index (Phi) is 27.8. The SMILES string of the molecule is C=C(C)C(=O)OCCCCCOc1ccc(C(=O)Oc2ccc(C=O)cc2)cc1.C=C(C)C(=O)OCCCCCOc1ccc(C)cc1.CCc1ccc(OC=O)cc1.CO. The van der Waals surface area contributed by atoms with E-state index in [2.05, 4.69) is 31.7 Å². The van der Waals surface area contributed by atoms with Crippen molar-refractivity contribution in [3.8, 4) is 23.0 Å². The fourth-order valence-corrected chi connectivity index (χ4v) is 4.68. The van der Waals surface area contributed by atoms with Crippen molar-refractivity contribution in [3.05, 3.63) is 144 Å². The lowest BCUT2D eigenvalue weighted by Gasteiger charge is -2.08. The Labute approximate surface area is 360 Å². The summed E-state index contributed by atoms with van der Waals surface area (Å²) in [5, 5.41) is 7.00. The van der Waals surface area contributed by atoms with E-state index >= 15 is 0 Å². The van der Waals surface area contributed by atoms with Gasteiger partial charge in [0.1, 0.15) is 29.3 Å². The molecule has 0 amide bonds. The summed E-state index contributed by atoms with van der Waals surface area (Å²) in [6, 6.07) is 28.5. The van der Waals surface area contributed by atoms with Gasteiger partial charge in [0.2, 0.25) is 0 Å². The van der Waals surface area contributed by atoms with Gasteiger partial charge >= 0.3 is 17.9 Å². The Morgan fingerprint density at radius 3 is 1.43 bits per heavy atom. The van der Waals surface area contributed by atoms with Gasteiger partial charge in [-0.05, 0) is 144 Å². The molecule has 12 heteroatoms. The second-order valence-corrected chi connectivity index (χ2v) is 13.3. The molecule has 0 aromatic heterocycles. The van der Waals surface area contributed by atoms with E-state index in [1.165, 1.54) is 11.1 Å². The number of unbranched alkanes of at least 4 members (excludes halogenated alkanes) is 4. The van der Waals surface area contributed by atoms with Crippen LogP contribution in [0.1, 0.15) is 91.1 Å². The maximum Gasteiger partial charge on any atom is 0.343 e. The Bertz CT molecular complexity index is 1880. The van der Waals surface area contributed by atoms with Gasteiger partial charge < -0.3 is 33.5 Å². The highest BCUT2D eigenvalue weighted by Crippen LogP contribution is 2.17. The van der Waals surface area contributed by atoms with Crippen LogP contribution in [0.15, 0.2) is 121 Å². The number of carbonyl (C=O) groups excluding carboxylic acids is 5. The number of hydrogen-bond acceptors (Lipinski definition) is 12. The zero-order valence-electron chi connectivity index (χ0n) is 36.0. The van der Waals surface area contributed by atoms with Crippen molar-refractivity contribution >= 4 is 30.7 Å². The Balaban J connectivity index is 0.000000496. The number of esters is 3. The van der Waals surface area contributed by atoms with Crippen LogP contribution in [0.4, 0.5) is 0 Å². The molecule has 328 valence electrons. The fraction of sp³-hybridized carbons (Fsp3) is 0.327. The predicted molar refractivity (Wildman–Crippen MR) is 235 cm³/mol. The van der Waals surface area contributed by atoms with Crippen molar-refractivity contribution in [1.29, 1.82) is 0 Å². The van der Waals surface area contributed by atoms with Crippen LogP contribution in [0.2, 0.25) is 0 Å². The van der Waals surface area contributed by atoms with Crippen LogP contribution in [0.3, 0.4) is 0 Å². The summed E-state index contributed by atoms with van der Waals surface area (Å²) in [7, 11) is 1.00. The van der Waals surface area contributed by atoms with Crippen molar-refractivity contribution in [2.75, 3.05) is 33.5 Å². The van der Waals surface area contributed by atoms with E-state index in [9.17, 15) is 24.0 Å². The summed E-state index contributed by atoms with van der Waals surface area (Å²) in [5.41, 5.74) is 4.23. The molecule has 4 aromatic carbocycles. The van der Waals surface area contributed by atoms with E-state index in [1.807, 2.05) is 36.4 Å². The van der Waals surface area contributed by atoms with E-state index in [0.717, 1.165) is 64.1 Å². The molecule has 0 atom stereocenters. The first-order valence-corrected chi connectivity index (χ1v) is 19.9. The summed E-state index contributed by atoms with van der Waals surface area (Å²) < 4.78 is 31.2. The number of hydrogen-bond donors (Lipinski definition) is 1. The van der Waals surface area contributed by atoms with Gasteiger partial charge in [-0.3, -0.25) is 9.59 Å². The lowest BCUT2D eigenvalue weighted by molar-refractivity contribution is -0.139. The van der Waals surface area contributed by atoms with Crippen LogP contribution in [0.25, 0.3) is 0 Å². The van der Waals surface area contributed by atoms with Gasteiger partial charge in [0.15, 0.2) is 0 Å². The summed E-state index contributed by atoms with van der Waals surface area (Å²) in [4.78, 5) is 55.0. The number of carbonyl (C=O) groups is 5. The fourth-order valence-electron chi connectivity index (χ4n) is 4.68. The predicted octanol–water partition coefficient (Wildman–Crippen LogP) is 9.44. The lowest BCUT2D eigenvalue weighted by Crippen LogP contribution is -2.08. The molecule has 1 N–H and O–H groups in total. The zero-order valence-corrected chi connectivity index (χ0v) is 36.0. The van der Waals surface area contributed by atoms with Crippen molar-refractivity contribution in [2.45, 2.75) is 72.6 Å². The second kappa shape index (κ2) is 32.3. The molecule has 0 unspecified atom stereocenters. The molecule has 0 heterocycles. The number of benzene rings is 4. The van der Waals surface area contributed by atoms with Crippen molar-refractivity contribution in [3.63, 3.8) is 0 Å². The summed E-state index contributed by atoms with van der Waals surface area (Å²) in [6.45, 7) is 16.9. The van der Waals surface area contributed by atoms with Gasteiger partial charge in [0.25, 0.3) is 6.47 Å². The molecule has 0 saturated heterocycles. The van der Waals surface area contributed by atoms with Crippen LogP contribution in [0, 0.1) is 6.92 Å². The highest BCUT2D eigenvalue weighted by atomic mass is 16.5. The molecule has 0 aliphatic heterocycles. The van der Waals surface area contributed by atoms with E-state index in [-0.39, 0.29) is 11.9 Å². The largest absolute Gasteiger partial charge is 0.494 e. The standard InChI is InChI=1S/C23H24O6.C16H22O3.C9H10O2.CH4O/c1-17(2)22(25)28-15-5-3-4-14-27-20-12-8-19(9-13-20)23(26)29-21-10-6-18(16-24)7-11-21;1-13(2)16(17)19-12-6-4-5-11-18-15-9-7-14(3)8-10-15;1-2-8-3-5-9(6-4-8)11-7-10;1-2/h6-13,16H,1,3-5,14-15H2,2H3;7-10H,1,4-6,11-12H2,2-3H3;3-7H,2H2,1H3;2H,1H3. The van der Waals surface area contributed by atoms with E-state index < -0.39 is 5.97 Å². The van der Waals surface area contributed by atoms with Gasteiger partial charge in [-0.1, -0.05) is 49.9 Å². The first-order valence-electron chi connectivity index (χ1n) is 19.9. The molecule has 0 spiro atoms. The highest BCUT2D eigenvalue weighted by Gasteiger charge is 2.09. The first-order chi connectivity index (χ1) is 29.4. The molecule has 0 fully saturated rings. The van der Waals surface area contributed by atoms with Gasteiger partial charge in [-0.25, -0.2) is 14.4 Å². The summed E-state index contributed by atoms with van der Waals surface area (Å²) in [5.74, 6) is 1.37. The number of aryl methyl sites for hydroxylation is 2. The molecular formula is C49H60O12. The molecular weight excluding hydrogens is 781 g/mol. The zero-order chi connectivity index (χ0) is 45.3. The topological polar surface area (TPSA) is 161 Å². The van der Waals surface area contributed by atoms with E-state index in [1.54, 1.807) is 74.5 Å². The van der Waals surface area contributed by atoms with Crippen molar-refractivity contribution in [1.82, 2.24) is 0 Å². The van der Waals surface area contributed by atoms with Gasteiger partial charge in [-0.2, -0.15) is 0 Å². The maximum absolute atomic E-state index is 12.2. The number of aliphatic hydroxyl groups is 1. The van der Waals surface area contributed by atoms with Crippen LogP contribution in [0.5, 0.6) is 23.0 Å². The Hall–Kier alpha value is -6.53. The summed E-state index contributed by atoms with van der Waals surface area (Å²) >= 11 is 0. The average molecular weight is 841 g/mol. The molecule has 0 radical (unpaired) electrons. The Morgan fingerprint density at radius 1 is 0.574 bits per heavy atom. The van der Waals surface area contributed by atoms with Crippen molar-refractivity contribution in [2.24, 2.45) is 0 Å². The monoisotopic (exact) mass is 840 g/mol. The van der Waals surface area contributed by atoms with Gasteiger partial charge in [0.05, 0.1) is 32.0 Å². The number of rotatable bonds is 22. The van der Waals surface area contributed by atoms with Gasteiger partial charge in [-0.15, -0.1) is 0 Å². The van der Waals surface area contributed by atoms with Crippen LogP contribution in [-0.2, 0) is 30.3 Å². The minimum Gasteiger partial charge on any atom is -0.494 e. The van der Waals surface area contributed by atoms with Crippen molar-refractivity contribution < 1.29 is 57.5 Å². The molecule has 4 aromatic rings. The van der Waals surface area contributed by atoms with Crippen LogP contribution in [-0.4, -0.2) is 69.3 Å². The molecule has 0 saturated carbocycles. The molecule has 61 heavy (non-hydrogen) atoms.